The summed E-state index contributed by atoms with van der Waals surface area (Å²) in [5.41, 5.74) is 2.55. The topological polar surface area (TPSA) is 45.1 Å². The fourth-order valence-corrected chi connectivity index (χ4v) is 4.15. The number of anilines is 1. The smallest absolute Gasteiger partial charge is 0.124 e. The van der Waals surface area contributed by atoms with E-state index in [0.717, 1.165) is 31.7 Å². The van der Waals surface area contributed by atoms with Crippen molar-refractivity contribution in [2.24, 2.45) is 5.92 Å². The molecule has 1 aromatic carbocycles. The molecule has 1 atom stereocenters. The summed E-state index contributed by atoms with van der Waals surface area (Å²) < 4.78 is 2.12. The number of aromatic nitrogens is 2. The summed E-state index contributed by atoms with van der Waals surface area (Å²) in [7, 11) is 0. The Balaban J connectivity index is 1.15. The van der Waals surface area contributed by atoms with Crippen LogP contribution < -0.4 is 10.6 Å². The summed E-state index contributed by atoms with van der Waals surface area (Å²) in [6, 6.07) is 13.6. The summed E-state index contributed by atoms with van der Waals surface area (Å²) in [6.07, 6.45) is 3.69. The Morgan fingerprint density at radius 1 is 1.19 bits per heavy atom. The first-order valence-electron chi connectivity index (χ1n) is 10.0. The molecule has 0 bridgehead atoms. The lowest BCUT2D eigenvalue weighted by atomic mass is 10.0. The van der Waals surface area contributed by atoms with Crippen molar-refractivity contribution in [2.45, 2.75) is 38.8 Å². The van der Waals surface area contributed by atoms with E-state index in [1.54, 1.807) is 0 Å². The highest BCUT2D eigenvalue weighted by molar-refractivity contribution is 5.38. The van der Waals surface area contributed by atoms with E-state index in [9.17, 15) is 0 Å². The fourth-order valence-electron chi connectivity index (χ4n) is 4.15. The number of rotatable bonds is 6. The van der Waals surface area contributed by atoms with Gasteiger partial charge < -0.3 is 15.5 Å². The molecule has 140 valence electrons. The molecule has 1 fully saturated rings. The second kappa shape index (κ2) is 8.23. The maximum Gasteiger partial charge on any atom is 0.124 e. The van der Waals surface area contributed by atoms with E-state index in [2.05, 4.69) is 68.6 Å². The highest BCUT2D eigenvalue weighted by atomic mass is 15.3. The Morgan fingerprint density at radius 3 is 2.81 bits per heavy atom. The summed E-state index contributed by atoms with van der Waals surface area (Å²) in [5.74, 6) is 1.79. The van der Waals surface area contributed by atoms with Gasteiger partial charge in [-0.15, -0.1) is 0 Å². The van der Waals surface area contributed by atoms with Gasteiger partial charge in [-0.3, -0.25) is 0 Å². The van der Waals surface area contributed by atoms with Crippen LogP contribution >= 0.6 is 0 Å². The Bertz CT molecular complexity index is 688. The van der Waals surface area contributed by atoms with Crippen molar-refractivity contribution in [2.75, 3.05) is 38.0 Å². The average Bonchev–Trinajstić information content (AvgIpc) is 3.05. The van der Waals surface area contributed by atoms with Crippen LogP contribution in [0.25, 0.3) is 0 Å². The number of likely N-dealkylation sites (tertiary alicyclic amines) is 1. The Morgan fingerprint density at radius 2 is 2.00 bits per heavy atom. The van der Waals surface area contributed by atoms with Gasteiger partial charge in [0.25, 0.3) is 0 Å². The normalized spacial score (nSPS) is 21.3. The van der Waals surface area contributed by atoms with E-state index in [4.69, 9.17) is 0 Å². The highest BCUT2D eigenvalue weighted by Crippen LogP contribution is 2.19. The predicted octanol–water partition coefficient (Wildman–Crippen LogP) is 2.53. The van der Waals surface area contributed by atoms with E-state index in [1.165, 1.54) is 43.9 Å². The molecule has 2 N–H and O–H groups in total. The molecule has 26 heavy (non-hydrogen) atoms. The molecule has 0 unspecified atom stereocenters. The molecule has 2 aliphatic rings. The van der Waals surface area contributed by atoms with Gasteiger partial charge >= 0.3 is 0 Å². The van der Waals surface area contributed by atoms with Gasteiger partial charge in [-0.25, -0.2) is 4.68 Å². The van der Waals surface area contributed by atoms with Gasteiger partial charge in [-0.1, -0.05) is 30.3 Å². The van der Waals surface area contributed by atoms with Crippen molar-refractivity contribution in [1.29, 1.82) is 0 Å². The van der Waals surface area contributed by atoms with Crippen LogP contribution in [0, 0.1) is 12.8 Å². The molecule has 0 radical (unpaired) electrons. The second-order valence-corrected chi connectivity index (χ2v) is 7.86. The molecule has 5 nitrogen and oxygen atoms in total. The molecule has 3 heterocycles. The quantitative estimate of drug-likeness (QED) is 0.838. The average molecular weight is 354 g/mol. The Labute approximate surface area is 156 Å². The minimum absolute atomic E-state index is 0.623. The number of nitrogens with one attached hydrogen (secondary N) is 2. The van der Waals surface area contributed by atoms with Crippen LogP contribution in [-0.2, 0) is 13.0 Å². The monoisotopic (exact) mass is 353 g/mol. The lowest BCUT2D eigenvalue weighted by molar-refractivity contribution is 0.195. The summed E-state index contributed by atoms with van der Waals surface area (Å²) in [5, 5.41) is 11.9. The zero-order valence-corrected chi connectivity index (χ0v) is 15.8. The zero-order valence-electron chi connectivity index (χ0n) is 15.8. The van der Waals surface area contributed by atoms with Crippen molar-refractivity contribution >= 4 is 5.82 Å². The lowest BCUT2D eigenvalue weighted by Gasteiger charge is -2.34. The number of fused-ring (bicyclic) bond motifs is 1. The van der Waals surface area contributed by atoms with Gasteiger partial charge in [0.1, 0.15) is 5.82 Å². The van der Waals surface area contributed by atoms with Gasteiger partial charge in [-0.2, -0.15) is 5.10 Å². The third-order valence-corrected chi connectivity index (χ3v) is 5.75. The third-order valence-electron chi connectivity index (χ3n) is 5.75. The molecule has 2 aliphatic heterocycles. The molecular weight excluding hydrogens is 322 g/mol. The SMILES string of the molecule is Cc1cc2n(n1)C[C@@H](CNC1CCN(CCc3ccccc3)CC1)CN2. The number of hydrogen-bond donors (Lipinski definition) is 2. The van der Waals surface area contributed by atoms with Gasteiger partial charge in [-0.05, 0) is 44.8 Å². The molecular formula is C21H31N5. The second-order valence-electron chi connectivity index (χ2n) is 7.86. The van der Waals surface area contributed by atoms with Crippen LogP contribution in [-0.4, -0.2) is 53.4 Å². The standard InChI is InChI=1S/C21H31N5/c1-17-13-21-23-15-19(16-26(21)24-17)14-22-20-8-11-25(12-9-20)10-7-18-5-3-2-4-6-18/h2-6,13,19-20,22-23H,7-12,14-16H2,1H3/t19-/m0/s1. The van der Waals surface area contributed by atoms with E-state index in [0.29, 0.717) is 12.0 Å². The molecule has 2 aromatic rings. The van der Waals surface area contributed by atoms with Crippen LogP contribution in [0.3, 0.4) is 0 Å². The first kappa shape index (κ1) is 17.6. The maximum absolute atomic E-state index is 4.57. The Kier molecular flexibility index (Phi) is 5.56. The van der Waals surface area contributed by atoms with Crippen molar-refractivity contribution in [3.05, 3.63) is 47.7 Å². The molecule has 0 amide bonds. The summed E-state index contributed by atoms with van der Waals surface area (Å²) in [4.78, 5) is 2.62. The number of hydrogen-bond acceptors (Lipinski definition) is 4. The van der Waals surface area contributed by atoms with E-state index < -0.39 is 0 Å². The lowest BCUT2D eigenvalue weighted by Crippen LogP contribution is -2.46. The molecule has 0 aliphatic carbocycles. The van der Waals surface area contributed by atoms with Crippen molar-refractivity contribution in [1.82, 2.24) is 20.0 Å². The first-order chi connectivity index (χ1) is 12.8. The molecule has 0 saturated carbocycles. The number of nitrogens with zero attached hydrogens (tertiary/aromatic N) is 3. The van der Waals surface area contributed by atoms with Gasteiger partial charge in [0.15, 0.2) is 0 Å². The molecule has 1 aromatic heterocycles. The van der Waals surface area contributed by atoms with Crippen molar-refractivity contribution in [3.63, 3.8) is 0 Å². The number of benzene rings is 1. The van der Waals surface area contributed by atoms with Crippen LogP contribution in [0.5, 0.6) is 0 Å². The maximum atomic E-state index is 4.57. The van der Waals surface area contributed by atoms with E-state index in [1.807, 2.05) is 0 Å². The minimum Gasteiger partial charge on any atom is -0.370 e. The van der Waals surface area contributed by atoms with Gasteiger partial charge in [0.05, 0.1) is 5.69 Å². The molecule has 1 saturated heterocycles. The summed E-state index contributed by atoms with van der Waals surface area (Å²) in [6.45, 7) is 8.84. The fraction of sp³-hybridized carbons (Fsp3) is 0.571. The van der Waals surface area contributed by atoms with Crippen LogP contribution in [0.2, 0.25) is 0 Å². The Hall–Kier alpha value is -1.85. The van der Waals surface area contributed by atoms with Gasteiger partial charge in [0.2, 0.25) is 0 Å². The largest absolute Gasteiger partial charge is 0.370 e. The van der Waals surface area contributed by atoms with Crippen LogP contribution in [0.15, 0.2) is 36.4 Å². The minimum atomic E-state index is 0.623. The number of aryl methyl sites for hydroxylation is 1. The summed E-state index contributed by atoms with van der Waals surface area (Å²) >= 11 is 0. The third kappa shape index (κ3) is 4.46. The highest BCUT2D eigenvalue weighted by Gasteiger charge is 2.22. The van der Waals surface area contributed by atoms with Crippen LogP contribution in [0.1, 0.15) is 24.1 Å². The van der Waals surface area contributed by atoms with E-state index in [-0.39, 0.29) is 0 Å². The molecule has 0 spiro atoms. The number of piperidine rings is 1. The molecule has 5 heteroatoms. The first-order valence-corrected chi connectivity index (χ1v) is 10.0. The predicted molar refractivity (Wildman–Crippen MR) is 107 cm³/mol. The van der Waals surface area contributed by atoms with Crippen molar-refractivity contribution in [3.8, 4) is 0 Å². The molecule has 4 rings (SSSR count). The van der Waals surface area contributed by atoms with E-state index >= 15 is 0 Å². The zero-order chi connectivity index (χ0) is 17.8. The van der Waals surface area contributed by atoms with Crippen LogP contribution in [0.4, 0.5) is 5.82 Å². The van der Waals surface area contributed by atoms with Gasteiger partial charge in [0, 0.05) is 44.2 Å². The van der Waals surface area contributed by atoms with Crippen molar-refractivity contribution < 1.29 is 0 Å².